The quantitative estimate of drug-likeness (QED) is 0.322. The maximum atomic E-state index is 4.87. The lowest BCUT2D eigenvalue weighted by Gasteiger charge is -2.44. The number of aromatic nitrogens is 1. The molecule has 1 heteroatoms. The van der Waals surface area contributed by atoms with E-state index in [1.54, 1.807) is 0 Å². The maximum absolute atomic E-state index is 4.87. The van der Waals surface area contributed by atoms with E-state index >= 15 is 0 Å². The summed E-state index contributed by atoms with van der Waals surface area (Å²) in [5, 5.41) is 0. The second-order valence-electron chi connectivity index (χ2n) is 10.2. The molecule has 0 atom stereocenters. The number of pyridine rings is 1. The topological polar surface area (TPSA) is 12.9 Å². The van der Waals surface area contributed by atoms with Crippen molar-refractivity contribution in [3.63, 3.8) is 0 Å². The number of rotatable bonds is 2. The summed E-state index contributed by atoms with van der Waals surface area (Å²) in [6, 6.07) is 26.6. The minimum Gasteiger partial charge on any atom is -0.256 e. The van der Waals surface area contributed by atoms with E-state index in [9.17, 15) is 0 Å². The lowest BCUT2D eigenvalue weighted by atomic mass is 9.59. The first kappa shape index (κ1) is 20.7. The molecule has 0 bridgehead atoms. The molecule has 1 aromatic heterocycles. The van der Waals surface area contributed by atoms with Crippen LogP contribution in [0.15, 0.2) is 79.0 Å². The monoisotopic (exact) mass is 417 g/mol. The van der Waals surface area contributed by atoms with Gasteiger partial charge in [0, 0.05) is 22.6 Å². The summed E-state index contributed by atoms with van der Waals surface area (Å²) in [5.74, 6) is 0. The van der Waals surface area contributed by atoms with Crippen molar-refractivity contribution < 1.29 is 0 Å². The summed E-state index contributed by atoms with van der Waals surface area (Å²) in [6.45, 7) is 13.8. The van der Waals surface area contributed by atoms with Crippen LogP contribution in [0.3, 0.4) is 0 Å². The first-order chi connectivity index (χ1) is 15.2. The average molecular weight is 418 g/mol. The Balaban J connectivity index is 1.76. The normalized spacial score (nSPS) is 15.7. The van der Waals surface area contributed by atoms with Crippen molar-refractivity contribution in [3.05, 3.63) is 112 Å². The highest BCUT2D eigenvalue weighted by Gasteiger charge is 2.42. The summed E-state index contributed by atoms with van der Waals surface area (Å²) < 4.78 is 0. The number of hydrogen-bond acceptors (Lipinski definition) is 1. The number of benzene rings is 3. The van der Waals surface area contributed by atoms with Gasteiger partial charge in [-0.1, -0.05) is 88.4 Å². The number of fused-ring (bicyclic) bond motifs is 2. The summed E-state index contributed by atoms with van der Waals surface area (Å²) >= 11 is 0. The van der Waals surface area contributed by atoms with Crippen molar-refractivity contribution in [2.24, 2.45) is 0 Å². The van der Waals surface area contributed by atoms with Crippen molar-refractivity contribution >= 4 is 0 Å². The molecule has 0 spiro atoms. The predicted octanol–water partition coefficient (Wildman–Crippen LogP) is 8.00. The molecule has 0 saturated heterocycles. The van der Waals surface area contributed by atoms with E-state index in [-0.39, 0.29) is 10.8 Å². The largest absolute Gasteiger partial charge is 0.256 e. The van der Waals surface area contributed by atoms with Crippen molar-refractivity contribution in [2.75, 3.05) is 0 Å². The van der Waals surface area contributed by atoms with Gasteiger partial charge in [-0.25, -0.2) is 0 Å². The second-order valence-corrected chi connectivity index (χ2v) is 10.2. The number of nitrogens with zero attached hydrogens (tertiary/aromatic N) is 1. The highest BCUT2D eigenvalue weighted by atomic mass is 14.7. The van der Waals surface area contributed by atoms with Crippen LogP contribution in [0.1, 0.15) is 61.1 Å². The molecular formula is C31H31N. The van der Waals surface area contributed by atoms with Gasteiger partial charge in [-0.15, -0.1) is 0 Å². The van der Waals surface area contributed by atoms with E-state index in [1.807, 2.05) is 6.20 Å². The van der Waals surface area contributed by atoms with E-state index in [0.717, 1.165) is 5.69 Å². The van der Waals surface area contributed by atoms with Crippen molar-refractivity contribution in [3.8, 4) is 22.4 Å². The van der Waals surface area contributed by atoms with Gasteiger partial charge in [0.15, 0.2) is 0 Å². The Labute approximate surface area is 192 Å². The molecule has 160 valence electrons. The third-order valence-corrected chi connectivity index (χ3v) is 7.44. The van der Waals surface area contributed by atoms with Crippen LogP contribution in [0.4, 0.5) is 0 Å². The maximum Gasteiger partial charge on any atom is 0.0711 e. The third-order valence-electron chi connectivity index (χ3n) is 7.44. The zero-order valence-electron chi connectivity index (χ0n) is 20.0. The number of aryl methyl sites for hydroxylation is 2. The Bertz CT molecular complexity index is 1320. The van der Waals surface area contributed by atoms with Gasteiger partial charge in [-0.2, -0.15) is 0 Å². The molecule has 0 amide bonds. The molecule has 0 N–H and O–H groups in total. The van der Waals surface area contributed by atoms with Gasteiger partial charge >= 0.3 is 0 Å². The molecule has 0 aliphatic heterocycles. The molecule has 0 unspecified atom stereocenters. The second kappa shape index (κ2) is 7.17. The minimum atomic E-state index is -0.103. The molecular weight excluding hydrogens is 386 g/mol. The van der Waals surface area contributed by atoms with E-state index in [0.29, 0.717) is 0 Å². The summed E-state index contributed by atoms with van der Waals surface area (Å²) in [5.41, 5.74) is 12.9. The molecule has 3 aromatic carbocycles. The highest BCUT2D eigenvalue weighted by molar-refractivity contribution is 5.78. The molecule has 4 aromatic rings. The smallest absolute Gasteiger partial charge is 0.0711 e. The van der Waals surface area contributed by atoms with E-state index < -0.39 is 0 Å². The van der Waals surface area contributed by atoms with Gasteiger partial charge in [0.1, 0.15) is 0 Å². The standard InChI is InChI=1S/C31H31N/c1-20-11-9-12-21(2)28(20)22-17-18-32-27(19-22)23-13-10-16-26-29(23)31(5,6)25-15-8-7-14-24(25)30(26,3)4/h7-19H,1-6H3. The van der Waals surface area contributed by atoms with Crippen LogP contribution in [0, 0.1) is 13.8 Å². The molecule has 0 radical (unpaired) electrons. The van der Waals surface area contributed by atoms with Crippen LogP contribution in [0.5, 0.6) is 0 Å². The molecule has 0 fully saturated rings. The minimum absolute atomic E-state index is 0.0539. The molecule has 1 aliphatic carbocycles. The summed E-state index contributed by atoms with van der Waals surface area (Å²) in [4.78, 5) is 4.87. The lowest BCUT2D eigenvalue weighted by molar-refractivity contribution is 0.522. The summed E-state index contributed by atoms with van der Waals surface area (Å²) in [7, 11) is 0. The Morgan fingerprint density at radius 3 is 1.91 bits per heavy atom. The third kappa shape index (κ3) is 2.95. The van der Waals surface area contributed by atoms with Crippen molar-refractivity contribution in [1.29, 1.82) is 0 Å². The Morgan fingerprint density at radius 1 is 0.625 bits per heavy atom. The summed E-state index contributed by atoms with van der Waals surface area (Å²) in [6.07, 6.45) is 1.96. The molecule has 1 nitrogen and oxygen atoms in total. The van der Waals surface area contributed by atoms with Gasteiger partial charge in [0.05, 0.1) is 5.69 Å². The highest BCUT2D eigenvalue weighted by Crippen LogP contribution is 2.52. The Morgan fingerprint density at radius 2 is 1.22 bits per heavy atom. The Kier molecular flexibility index (Phi) is 4.64. The van der Waals surface area contributed by atoms with Gasteiger partial charge < -0.3 is 0 Å². The van der Waals surface area contributed by atoms with Gasteiger partial charge in [-0.05, 0) is 70.5 Å². The fourth-order valence-corrected chi connectivity index (χ4v) is 5.82. The zero-order valence-corrected chi connectivity index (χ0v) is 20.0. The van der Waals surface area contributed by atoms with Crippen molar-refractivity contribution in [1.82, 2.24) is 4.98 Å². The molecule has 1 heterocycles. The van der Waals surface area contributed by atoms with Gasteiger partial charge in [-0.3, -0.25) is 4.98 Å². The van der Waals surface area contributed by atoms with Crippen LogP contribution in [-0.2, 0) is 10.8 Å². The van der Waals surface area contributed by atoms with Crippen LogP contribution >= 0.6 is 0 Å². The molecule has 5 rings (SSSR count). The van der Waals surface area contributed by atoms with Gasteiger partial charge in [0.25, 0.3) is 0 Å². The van der Waals surface area contributed by atoms with Crippen LogP contribution in [0.2, 0.25) is 0 Å². The van der Waals surface area contributed by atoms with E-state index in [4.69, 9.17) is 4.98 Å². The fraction of sp³-hybridized carbons (Fsp3) is 0.258. The van der Waals surface area contributed by atoms with Crippen LogP contribution in [-0.4, -0.2) is 4.98 Å². The lowest BCUT2D eigenvalue weighted by Crippen LogP contribution is -2.37. The molecule has 0 saturated carbocycles. The SMILES string of the molecule is Cc1cccc(C)c1-c1ccnc(-c2cccc3c2C(C)(C)c2ccccc2C3(C)C)c1. The van der Waals surface area contributed by atoms with Gasteiger partial charge in [0.2, 0.25) is 0 Å². The molecule has 1 aliphatic rings. The fourth-order valence-electron chi connectivity index (χ4n) is 5.82. The number of hydrogen-bond donors (Lipinski definition) is 0. The van der Waals surface area contributed by atoms with Crippen molar-refractivity contribution in [2.45, 2.75) is 52.4 Å². The molecule has 32 heavy (non-hydrogen) atoms. The first-order valence-electron chi connectivity index (χ1n) is 11.5. The predicted molar refractivity (Wildman–Crippen MR) is 135 cm³/mol. The van der Waals surface area contributed by atoms with E-state index in [1.165, 1.54) is 50.1 Å². The zero-order chi connectivity index (χ0) is 22.7. The first-order valence-corrected chi connectivity index (χ1v) is 11.5. The van der Waals surface area contributed by atoms with E-state index in [2.05, 4.69) is 114 Å². The van der Waals surface area contributed by atoms with Crippen LogP contribution in [0.25, 0.3) is 22.4 Å². The Hall–Kier alpha value is -3.19. The van der Waals surface area contributed by atoms with Crippen LogP contribution < -0.4 is 0 Å². The average Bonchev–Trinajstić information content (AvgIpc) is 2.78.